The number of anilines is 1. The van der Waals surface area contributed by atoms with Crippen LogP contribution in [-0.4, -0.2) is 31.2 Å². The molecule has 0 saturated heterocycles. The van der Waals surface area contributed by atoms with E-state index in [0.29, 0.717) is 0 Å². The summed E-state index contributed by atoms with van der Waals surface area (Å²) in [5.41, 5.74) is 14.3. The van der Waals surface area contributed by atoms with Gasteiger partial charge >= 0.3 is 0 Å². The van der Waals surface area contributed by atoms with Crippen LogP contribution in [0.4, 0.5) is 5.69 Å². The fourth-order valence-corrected chi connectivity index (χ4v) is 4.60. The molecule has 3 heterocycles. The van der Waals surface area contributed by atoms with Crippen molar-refractivity contribution in [1.82, 2.24) is 24.6 Å². The van der Waals surface area contributed by atoms with Crippen LogP contribution in [0.15, 0.2) is 97.3 Å². The Hall–Kier alpha value is -4.29. The number of nitrogen functional groups attached to an aromatic ring is 1. The first-order chi connectivity index (χ1) is 17.2. The minimum atomic E-state index is 0.743. The van der Waals surface area contributed by atoms with Crippen molar-refractivity contribution in [2.75, 3.05) is 12.3 Å². The number of nitrogens with zero attached hydrogens (tertiary/aromatic N) is 5. The zero-order valence-corrected chi connectivity index (χ0v) is 19.4. The molecule has 6 heteroatoms. The first-order valence-corrected chi connectivity index (χ1v) is 11.9. The molecule has 0 bridgehead atoms. The molecule has 3 aromatic carbocycles. The van der Waals surface area contributed by atoms with Gasteiger partial charge in [-0.25, -0.2) is 14.6 Å². The summed E-state index contributed by atoms with van der Waals surface area (Å²) < 4.78 is 1.98. The molecule has 1 aliphatic rings. The number of rotatable bonds is 5. The average molecular weight is 459 g/mol. The van der Waals surface area contributed by atoms with Crippen molar-refractivity contribution in [3.63, 3.8) is 0 Å². The molecule has 0 unspecified atom stereocenters. The van der Waals surface area contributed by atoms with Gasteiger partial charge in [-0.1, -0.05) is 48.5 Å². The number of hydrogen-bond acceptors (Lipinski definition) is 5. The van der Waals surface area contributed by atoms with Gasteiger partial charge < -0.3 is 5.73 Å². The van der Waals surface area contributed by atoms with Crippen molar-refractivity contribution in [1.29, 1.82) is 0 Å². The molecule has 0 saturated carbocycles. The smallest absolute Gasteiger partial charge is 0.159 e. The van der Waals surface area contributed by atoms with E-state index in [1.807, 2.05) is 59.4 Å². The standard InChI is InChI=1S/C29H26N6/c30-25-13-11-22(12-14-25)29-31-17-23-18-34(16-15-27(23)32-29)19-24-20-35(26-9-5-2-6-10-26)33-28(24)21-7-3-1-4-8-21/h1-14,17,20H,15-16,18-19,30H2. The largest absolute Gasteiger partial charge is 0.399 e. The summed E-state index contributed by atoms with van der Waals surface area (Å²) in [4.78, 5) is 12.0. The second-order valence-corrected chi connectivity index (χ2v) is 8.90. The number of nitrogens with two attached hydrogens (primary N) is 1. The van der Waals surface area contributed by atoms with E-state index in [4.69, 9.17) is 15.8 Å². The highest BCUT2D eigenvalue weighted by atomic mass is 15.3. The van der Waals surface area contributed by atoms with Crippen molar-refractivity contribution < 1.29 is 0 Å². The maximum Gasteiger partial charge on any atom is 0.159 e. The van der Waals surface area contributed by atoms with Crippen LogP contribution in [0.3, 0.4) is 0 Å². The Morgan fingerprint density at radius 1 is 0.829 bits per heavy atom. The molecule has 0 aliphatic carbocycles. The Morgan fingerprint density at radius 2 is 1.57 bits per heavy atom. The Morgan fingerprint density at radius 3 is 2.34 bits per heavy atom. The number of para-hydroxylation sites is 1. The van der Waals surface area contributed by atoms with E-state index in [1.165, 1.54) is 11.1 Å². The Labute approximate surface area is 204 Å². The van der Waals surface area contributed by atoms with Gasteiger partial charge in [-0.05, 0) is 36.4 Å². The first kappa shape index (κ1) is 21.3. The Balaban J connectivity index is 1.26. The number of benzene rings is 3. The van der Waals surface area contributed by atoms with Gasteiger partial charge in [0, 0.05) is 66.4 Å². The van der Waals surface area contributed by atoms with Crippen LogP contribution >= 0.6 is 0 Å². The van der Waals surface area contributed by atoms with Gasteiger partial charge in [-0.2, -0.15) is 5.10 Å². The van der Waals surface area contributed by atoms with Crippen LogP contribution in [-0.2, 0) is 19.5 Å². The second-order valence-electron chi connectivity index (χ2n) is 8.90. The summed E-state index contributed by atoms with van der Waals surface area (Å²) in [7, 11) is 0. The third-order valence-corrected chi connectivity index (χ3v) is 6.43. The fourth-order valence-electron chi connectivity index (χ4n) is 4.60. The molecule has 2 aromatic heterocycles. The zero-order valence-electron chi connectivity index (χ0n) is 19.4. The minimum Gasteiger partial charge on any atom is -0.399 e. The monoisotopic (exact) mass is 458 g/mol. The molecule has 35 heavy (non-hydrogen) atoms. The van der Waals surface area contributed by atoms with E-state index in [0.717, 1.165) is 65.8 Å². The van der Waals surface area contributed by atoms with Gasteiger partial charge in [0.05, 0.1) is 17.1 Å². The molecule has 6 rings (SSSR count). The lowest BCUT2D eigenvalue weighted by Crippen LogP contribution is -2.31. The van der Waals surface area contributed by atoms with Crippen molar-refractivity contribution in [3.8, 4) is 28.3 Å². The quantitative estimate of drug-likeness (QED) is 0.369. The lowest BCUT2D eigenvalue weighted by Gasteiger charge is -2.28. The summed E-state index contributed by atoms with van der Waals surface area (Å²) in [6.45, 7) is 2.58. The van der Waals surface area contributed by atoms with Crippen LogP contribution in [0.5, 0.6) is 0 Å². The van der Waals surface area contributed by atoms with Crippen LogP contribution < -0.4 is 5.73 Å². The van der Waals surface area contributed by atoms with Gasteiger partial charge in [-0.3, -0.25) is 4.90 Å². The van der Waals surface area contributed by atoms with Crippen molar-refractivity contribution in [3.05, 3.63) is 114 Å². The molecule has 0 spiro atoms. The van der Waals surface area contributed by atoms with Crippen molar-refractivity contribution in [2.24, 2.45) is 0 Å². The summed E-state index contributed by atoms with van der Waals surface area (Å²) in [6, 6.07) is 28.4. The molecule has 0 atom stereocenters. The predicted octanol–water partition coefficient (Wildman–Crippen LogP) is 5.14. The predicted molar refractivity (Wildman–Crippen MR) is 139 cm³/mol. The molecular formula is C29H26N6. The van der Waals surface area contributed by atoms with Gasteiger partial charge in [0.1, 0.15) is 0 Å². The molecule has 5 aromatic rings. The number of aromatic nitrogens is 4. The zero-order chi connectivity index (χ0) is 23.6. The molecule has 2 N–H and O–H groups in total. The summed E-state index contributed by atoms with van der Waals surface area (Å²) in [5, 5.41) is 4.97. The van der Waals surface area contributed by atoms with Crippen molar-refractivity contribution in [2.45, 2.75) is 19.5 Å². The highest BCUT2D eigenvalue weighted by Gasteiger charge is 2.21. The molecule has 0 radical (unpaired) electrons. The van der Waals surface area contributed by atoms with Gasteiger partial charge in [0.2, 0.25) is 0 Å². The normalized spacial score (nSPS) is 13.5. The molecule has 0 fully saturated rings. The first-order valence-electron chi connectivity index (χ1n) is 11.9. The van der Waals surface area contributed by atoms with Gasteiger partial charge in [0.25, 0.3) is 0 Å². The topological polar surface area (TPSA) is 72.9 Å². The van der Waals surface area contributed by atoms with Crippen LogP contribution in [0.25, 0.3) is 28.3 Å². The highest BCUT2D eigenvalue weighted by Crippen LogP contribution is 2.27. The van der Waals surface area contributed by atoms with E-state index in [2.05, 4.69) is 52.5 Å². The van der Waals surface area contributed by atoms with Crippen molar-refractivity contribution >= 4 is 5.69 Å². The van der Waals surface area contributed by atoms with E-state index in [-0.39, 0.29) is 0 Å². The third kappa shape index (κ3) is 4.44. The van der Waals surface area contributed by atoms with E-state index < -0.39 is 0 Å². The van der Waals surface area contributed by atoms with Gasteiger partial charge in [-0.15, -0.1) is 0 Å². The number of hydrogen-bond donors (Lipinski definition) is 1. The summed E-state index contributed by atoms with van der Waals surface area (Å²) >= 11 is 0. The lowest BCUT2D eigenvalue weighted by molar-refractivity contribution is 0.243. The third-order valence-electron chi connectivity index (χ3n) is 6.43. The average Bonchev–Trinajstić information content (AvgIpc) is 3.33. The van der Waals surface area contributed by atoms with Crippen LogP contribution in [0.1, 0.15) is 16.8 Å². The van der Waals surface area contributed by atoms with Crippen LogP contribution in [0.2, 0.25) is 0 Å². The Bertz CT molecular complexity index is 1440. The maximum absolute atomic E-state index is 5.82. The Kier molecular flexibility index (Phi) is 5.56. The molecule has 6 nitrogen and oxygen atoms in total. The van der Waals surface area contributed by atoms with E-state index in [1.54, 1.807) is 0 Å². The summed E-state index contributed by atoms with van der Waals surface area (Å²) in [6.07, 6.45) is 5.03. The molecular weight excluding hydrogens is 432 g/mol. The molecule has 0 amide bonds. The van der Waals surface area contributed by atoms with Crippen LogP contribution in [0, 0.1) is 0 Å². The SMILES string of the molecule is Nc1ccc(-c2ncc3c(n2)CCN(Cc2cn(-c4ccccc4)nc2-c2ccccc2)C3)cc1. The van der Waals surface area contributed by atoms with Gasteiger partial charge in [0.15, 0.2) is 5.82 Å². The second kappa shape index (κ2) is 9.16. The number of fused-ring (bicyclic) bond motifs is 1. The highest BCUT2D eigenvalue weighted by molar-refractivity contribution is 5.63. The lowest BCUT2D eigenvalue weighted by atomic mass is 10.0. The molecule has 172 valence electrons. The van der Waals surface area contributed by atoms with E-state index >= 15 is 0 Å². The maximum atomic E-state index is 5.82. The van der Waals surface area contributed by atoms with E-state index in [9.17, 15) is 0 Å². The molecule has 1 aliphatic heterocycles. The fraction of sp³-hybridized carbons (Fsp3) is 0.138. The minimum absolute atomic E-state index is 0.743. The summed E-state index contributed by atoms with van der Waals surface area (Å²) in [5.74, 6) is 0.757.